The van der Waals surface area contributed by atoms with Gasteiger partial charge in [0.2, 0.25) is 0 Å². The van der Waals surface area contributed by atoms with Crippen LogP contribution in [0.3, 0.4) is 0 Å². The van der Waals surface area contributed by atoms with Gasteiger partial charge in [-0.3, -0.25) is 0 Å². The van der Waals surface area contributed by atoms with Crippen LogP contribution in [0.5, 0.6) is 0 Å². The maximum absolute atomic E-state index is 9.55. The SMILES string of the molecule is OCC1(NCC2CCC=CO2)CCCCC1. The molecule has 0 amide bonds. The smallest absolute Gasteiger partial charge is 0.110 e. The van der Waals surface area contributed by atoms with E-state index in [0.717, 1.165) is 32.2 Å². The first-order valence-electron chi connectivity index (χ1n) is 6.51. The van der Waals surface area contributed by atoms with Gasteiger partial charge in [-0.25, -0.2) is 0 Å². The molecule has 2 rings (SSSR count). The Labute approximate surface area is 97.9 Å². The van der Waals surface area contributed by atoms with Crippen molar-refractivity contribution in [3.8, 4) is 0 Å². The number of ether oxygens (including phenoxy) is 1. The van der Waals surface area contributed by atoms with E-state index in [0.29, 0.717) is 0 Å². The minimum atomic E-state index is -0.0250. The predicted octanol–water partition coefficient (Wildman–Crippen LogP) is 1.96. The summed E-state index contributed by atoms with van der Waals surface area (Å²) in [5.74, 6) is 0. The van der Waals surface area contributed by atoms with E-state index in [1.807, 2.05) is 6.26 Å². The lowest BCUT2D eigenvalue weighted by Crippen LogP contribution is -2.52. The molecular weight excluding hydrogens is 202 g/mol. The van der Waals surface area contributed by atoms with Crippen molar-refractivity contribution in [1.29, 1.82) is 0 Å². The van der Waals surface area contributed by atoms with Crippen LogP contribution < -0.4 is 5.32 Å². The van der Waals surface area contributed by atoms with E-state index in [-0.39, 0.29) is 18.2 Å². The summed E-state index contributed by atoms with van der Waals surface area (Å²) in [7, 11) is 0. The van der Waals surface area contributed by atoms with E-state index < -0.39 is 0 Å². The molecule has 2 aliphatic rings. The predicted molar refractivity (Wildman–Crippen MR) is 64.2 cm³/mol. The van der Waals surface area contributed by atoms with E-state index in [4.69, 9.17) is 4.74 Å². The molecule has 0 aromatic carbocycles. The summed E-state index contributed by atoms with van der Waals surface area (Å²) in [5, 5.41) is 13.1. The van der Waals surface area contributed by atoms with Gasteiger partial charge in [0.15, 0.2) is 0 Å². The van der Waals surface area contributed by atoms with E-state index in [1.54, 1.807) is 0 Å². The lowest BCUT2D eigenvalue weighted by atomic mass is 9.82. The fourth-order valence-electron chi connectivity index (χ4n) is 2.68. The van der Waals surface area contributed by atoms with E-state index >= 15 is 0 Å². The maximum Gasteiger partial charge on any atom is 0.110 e. The van der Waals surface area contributed by atoms with Crippen LogP contribution in [0.25, 0.3) is 0 Å². The average Bonchev–Trinajstić information content (AvgIpc) is 2.39. The van der Waals surface area contributed by atoms with Crippen molar-refractivity contribution in [3.63, 3.8) is 0 Å². The first kappa shape index (κ1) is 11.9. The topological polar surface area (TPSA) is 41.5 Å². The number of rotatable bonds is 4. The molecular formula is C13H23NO2. The van der Waals surface area contributed by atoms with Gasteiger partial charge in [0, 0.05) is 12.1 Å². The van der Waals surface area contributed by atoms with Crippen LogP contribution in [-0.2, 0) is 4.74 Å². The molecule has 1 saturated carbocycles. The van der Waals surface area contributed by atoms with Crippen LogP contribution in [0.1, 0.15) is 44.9 Å². The Morgan fingerprint density at radius 3 is 2.75 bits per heavy atom. The number of aliphatic hydroxyl groups is 1. The molecule has 0 bridgehead atoms. The normalized spacial score (nSPS) is 28.7. The molecule has 1 fully saturated rings. The molecule has 0 radical (unpaired) electrons. The lowest BCUT2D eigenvalue weighted by molar-refractivity contribution is 0.0781. The molecule has 92 valence electrons. The second-order valence-corrected chi connectivity index (χ2v) is 5.09. The lowest BCUT2D eigenvalue weighted by Gasteiger charge is -2.38. The van der Waals surface area contributed by atoms with Crippen molar-refractivity contribution < 1.29 is 9.84 Å². The van der Waals surface area contributed by atoms with Crippen molar-refractivity contribution in [2.45, 2.75) is 56.6 Å². The van der Waals surface area contributed by atoms with E-state index in [9.17, 15) is 5.11 Å². The van der Waals surface area contributed by atoms with Gasteiger partial charge in [-0.05, 0) is 31.8 Å². The highest BCUT2D eigenvalue weighted by molar-refractivity contribution is 4.92. The van der Waals surface area contributed by atoms with Gasteiger partial charge in [-0.1, -0.05) is 19.3 Å². The van der Waals surface area contributed by atoms with Crippen molar-refractivity contribution in [2.24, 2.45) is 0 Å². The second kappa shape index (κ2) is 5.69. The van der Waals surface area contributed by atoms with Crippen LogP contribution in [0, 0.1) is 0 Å². The van der Waals surface area contributed by atoms with E-state index in [1.165, 1.54) is 19.3 Å². The largest absolute Gasteiger partial charge is 0.497 e. The third-order valence-electron chi connectivity index (χ3n) is 3.84. The molecule has 0 aromatic heterocycles. The molecule has 1 aliphatic heterocycles. The third kappa shape index (κ3) is 2.98. The highest BCUT2D eigenvalue weighted by Gasteiger charge is 2.31. The fraction of sp³-hybridized carbons (Fsp3) is 0.846. The van der Waals surface area contributed by atoms with Crippen LogP contribution in [0.4, 0.5) is 0 Å². The average molecular weight is 225 g/mol. The summed E-state index contributed by atoms with van der Waals surface area (Å²) in [6.45, 7) is 1.13. The molecule has 0 saturated heterocycles. The Kier molecular flexibility index (Phi) is 4.24. The van der Waals surface area contributed by atoms with Crippen molar-refractivity contribution in [3.05, 3.63) is 12.3 Å². The molecule has 0 aromatic rings. The highest BCUT2D eigenvalue weighted by atomic mass is 16.5. The summed E-state index contributed by atoms with van der Waals surface area (Å²) in [5.41, 5.74) is -0.0250. The van der Waals surface area contributed by atoms with Crippen molar-refractivity contribution in [2.75, 3.05) is 13.2 Å². The van der Waals surface area contributed by atoms with Gasteiger partial charge < -0.3 is 15.2 Å². The van der Waals surface area contributed by atoms with Gasteiger partial charge in [0.1, 0.15) is 6.10 Å². The Morgan fingerprint density at radius 2 is 2.12 bits per heavy atom. The fourth-order valence-corrected chi connectivity index (χ4v) is 2.68. The zero-order valence-corrected chi connectivity index (χ0v) is 9.95. The monoisotopic (exact) mass is 225 g/mol. The molecule has 1 aliphatic carbocycles. The first-order chi connectivity index (χ1) is 7.85. The van der Waals surface area contributed by atoms with Gasteiger partial charge in [0.25, 0.3) is 0 Å². The van der Waals surface area contributed by atoms with Gasteiger partial charge in [-0.15, -0.1) is 0 Å². The molecule has 3 nitrogen and oxygen atoms in total. The summed E-state index contributed by atoms with van der Waals surface area (Å²) < 4.78 is 5.53. The number of hydrogen-bond donors (Lipinski definition) is 2. The van der Waals surface area contributed by atoms with Gasteiger partial charge in [-0.2, -0.15) is 0 Å². The highest BCUT2D eigenvalue weighted by Crippen LogP contribution is 2.28. The molecule has 1 atom stereocenters. The number of aliphatic hydroxyl groups excluding tert-OH is 1. The first-order valence-corrected chi connectivity index (χ1v) is 6.51. The van der Waals surface area contributed by atoms with Crippen LogP contribution in [-0.4, -0.2) is 29.9 Å². The van der Waals surface area contributed by atoms with Gasteiger partial charge in [0.05, 0.1) is 12.9 Å². The minimum Gasteiger partial charge on any atom is -0.497 e. The summed E-state index contributed by atoms with van der Waals surface area (Å²) in [6.07, 6.45) is 12.3. The molecule has 1 heterocycles. The zero-order valence-electron chi connectivity index (χ0n) is 9.95. The van der Waals surface area contributed by atoms with E-state index in [2.05, 4.69) is 11.4 Å². The Bertz CT molecular complexity index is 234. The summed E-state index contributed by atoms with van der Waals surface area (Å²) in [4.78, 5) is 0. The number of hydrogen-bond acceptors (Lipinski definition) is 3. The quantitative estimate of drug-likeness (QED) is 0.768. The summed E-state index contributed by atoms with van der Waals surface area (Å²) >= 11 is 0. The van der Waals surface area contributed by atoms with Gasteiger partial charge >= 0.3 is 0 Å². The Morgan fingerprint density at radius 1 is 1.31 bits per heavy atom. The maximum atomic E-state index is 9.55. The van der Waals surface area contributed by atoms with Crippen LogP contribution >= 0.6 is 0 Å². The number of allylic oxidation sites excluding steroid dienone is 1. The van der Waals surface area contributed by atoms with Crippen molar-refractivity contribution >= 4 is 0 Å². The third-order valence-corrected chi connectivity index (χ3v) is 3.84. The van der Waals surface area contributed by atoms with Crippen LogP contribution in [0.15, 0.2) is 12.3 Å². The molecule has 0 spiro atoms. The molecule has 2 N–H and O–H groups in total. The Hall–Kier alpha value is -0.540. The molecule has 16 heavy (non-hydrogen) atoms. The molecule has 1 unspecified atom stereocenters. The van der Waals surface area contributed by atoms with Crippen LogP contribution in [0.2, 0.25) is 0 Å². The zero-order chi connectivity index (χ0) is 11.3. The molecule has 3 heteroatoms. The number of nitrogens with one attached hydrogen (secondary N) is 1. The standard InChI is InChI=1S/C13H23NO2/c15-11-13(7-3-1-4-8-13)14-10-12-6-2-5-9-16-12/h5,9,12,14-15H,1-4,6-8,10-11H2. The minimum absolute atomic E-state index is 0.0250. The summed E-state index contributed by atoms with van der Waals surface area (Å²) in [6, 6.07) is 0. The Balaban J connectivity index is 1.79. The second-order valence-electron chi connectivity index (χ2n) is 5.09. The van der Waals surface area contributed by atoms with Crippen molar-refractivity contribution in [1.82, 2.24) is 5.32 Å².